The molecule has 8 nitrogen and oxygen atoms in total. The van der Waals surface area contributed by atoms with E-state index in [1.165, 1.54) is 25.1 Å². The molecular formula is C25H24O8. The topological polar surface area (TPSA) is 141 Å². The third kappa shape index (κ3) is 3.20. The minimum atomic E-state index is -1.32. The Morgan fingerprint density at radius 3 is 2.39 bits per heavy atom. The molecule has 33 heavy (non-hydrogen) atoms. The van der Waals surface area contributed by atoms with Gasteiger partial charge in [-0.05, 0) is 44.4 Å². The van der Waals surface area contributed by atoms with Crippen LogP contribution < -0.4 is 0 Å². The van der Waals surface area contributed by atoms with Crippen LogP contribution in [0.5, 0.6) is 11.5 Å². The predicted octanol–water partition coefficient (Wildman–Crippen LogP) is 2.35. The van der Waals surface area contributed by atoms with E-state index in [0.717, 1.165) is 0 Å². The van der Waals surface area contributed by atoms with E-state index in [9.17, 15) is 34.8 Å². The standard InChI is InChI=1S/C25H24O8/c1-10-14(26)5-6-17(33-10)12-3-4-13-19(22(12)29)24(31)20-15(27)7-11-8-25(2,32)9-16(28)18(11)21(20)23(13)30/h3-4,7,10,14,17,26-27,29,32H,5-6,8-9H2,1-2H3. The Labute approximate surface area is 189 Å². The third-order valence-electron chi connectivity index (χ3n) is 6.91. The van der Waals surface area contributed by atoms with Crippen molar-refractivity contribution in [1.29, 1.82) is 0 Å². The first-order valence-electron chi connectivity index (χ1n) is 10.9. The molecule has 3 aliphatic rings. The molecule has 1 aliphatic heterocycles. The molecule has 5 rings (SSSR count). The summed E-state index contributed by atoms with van der Waals surface area (Å²) in [6.07, 6.45) is -0.942. The Bertz CT molecular complexity index is 1240. The van der Waals surface area contributed by atoms with Crippen molar-refractivity contribution in [2.75, 3.05) is 0 Å². The fourth-order valence-corrected chi connectivity index (χ4v) is 5.29. The van der Waals surface area contributed by atoms with Crippen molar-refractivity contribution in [1.82, 2.24) is 0 Å². The van der Waals surface area contributed by atoms with Crippen LogP contribution in [0.4, 0.5) is 0 Å². The van der Waals surface area contributed by atoms with Gasteiger partial charge >= 0.3 is 0 Å². The molecule has 0 amide bonds. The zero-order valence-corrected chi connectivity index (χ0v) is 18.2. The van der Waals surface area contributed by atoms with E-state index in [1.54, 1.807) is 6.92 Å². The van der Waals surface area contributed by atoms with Gasteiger partial charge in [0.25, 0.3) is 0 Å². The quantitative estimate of drug-likeness (QED) is 0.441. The summed E-state index contributed by atoms with van der Waals surface area (Å²) >= 11 is 0. The van der Waals surface area contributed by atoms with Crippen LogP contribution in [0.1, 0.15) is 92.5 Å². The van der Waals surface area contributed by atoms with Crippen molar-refractivity contribution >= 4 is 17.3 Å². The van der Waals surface area contributed by atoms with Gasteiger partial charge in [0.15, 0.2) is 11.6 Å². The van der Waals surface area contributed by atoms with Gasteiger partial charge in [0.05, 0.1) is 35.0 Å². The van der Waals surface area contributed by atoms with E-state index in [-0.39, 0.29) is 40.7 Å². The molecule has 1 heterocycles. The predicted molar refractivity (Wildman–Crippen MR) is 115 cm³/mol. The Hall–Kier alpha value is -3.07. The molecule has 0 spiro atoms. The van der Waals surface area contributed by atoms with Gasteiger partial charge in [-0.1, -0.05) is 6.07 Å². The Kier molecular flexibility index (Phi) is 4.76. The highest BCUT2D eigenvalue weighted by atomic mass is 16.5. The lowest BCUT2D eigenvalue weighted by atomic mass is 9.72. The minimum Gasteiger partial charge on any atom is -0.507 e. The molecule has 1 fully saturated rings. The van der Waals surface area contributed by atoms with Crippen molar-refractivity contribution < 1.29 is 39.5 Å². The number of fused-ring (bicyclic) bond motifs is 4. The highest BCUT2D eigenvalue weighted by Crippen LogP contribution is 2.45. The lowest BCUT2D eigenvalue weighted by molar-refractivity contribution is -0.110. The first-order valence-corrected chi connectivity index (χ1v) is 10.9. The van der Waals surface area contributed by atoms with Crippen LogP contribution in [0, 0.1) is 0 Å². The summed E-state index contributed by atoms with van der Waals surface area (Å²) in [5.41, 5.74) is -1.44. The molecular weight excluding hydrogens is 428 g/mol. The molecule has 4 atom stereocenters. The van der Waals surface area contributed by atoms with Gasteiger partial charge in [-0.15, -0.1) is 0 Å². The molecule has 4 N–H and O–H groups in total. The van der Waals surface area contributed by atoms with E-state index >= 15 is 0 Å². The zero-order chi connectivity index (χ0) is 23.8. The largest absolute Gasteiger partial charge is 0.507 e. The second-order valence-electron chi connectivity index (χ2n) is 9.51. The maximum atomic E-state index is 13.5. The van der Waals surface area contributed by atoms with Crippen LogP contribution in [-0.4, -0.2) is 55.6 Å². The molecule has 172 valence electrons. The monoisotopic (exact) mass is 452 g/mol. The van der Waals surface area contributed by atoms with Crippen LogP contribution in [-0.2, 0) is 11.2 Å². The fourth-order valence-electron chi connectivity index (χ4n) is 5.29. The van der Waals surface area contributed by atoms with Crippen LogP contribution >= 0.6 is 0 Å². The van der Waals surface area contributed by atoms with Crippen LogP contribution in [0.25, 0.3) is 0 Å². The van der Waals surface area contributed by atoms with Crippen molar-refractivity contribution in [3.63, 3.8) is 0 Å². The third-order valence-corrected chi connectivity index (χ3v) is 6.91. The van der Waals surface area contributed by atoms with Gasteiger partial charge in [-0.2, -0.15) is 0 Å². The summed E-state index contributed by atoms with van der Waals surface area (Å²) in [6.45, 7) is 3.21. The smallest absolute Gasteiger partial charge is 0.202 e. The maximum Gasteiger partial charge on any atom is 0.202 e. The summed E-state index contributed by atoms with van der Waals surface area (Å²) < 4.78 is 5.80. The summed E-state index contributed by atoms with van der Waals surface area (Å²) in [5.74, 6) is -2.76. The molecule has 4 unspecified atom stereocenters. The Balaban J connectivity index is 1.66. The number of aliphatic hydroxyl groups is 2. The number of carbonyl (C=O) groups excluding carboxylic acids is 3. The van der Waals surface area contributed by atoms with Gasteiger partial charge in [0, 0.05) is 35.1 Å². The summed E-state index contributed by atoms with van der Waals surface area (Å²) in [4.78, 5) is 39.8. The van der Waals surface area contributed by atoms with E-state index in [1.807, 2.05) is 0 Å². The van der Waals surface area contributed by atoms with Crippen molar-refractivity contribution in [2.45, 2.75) is 63.4 Å². The van der Waals surface area contributed by atoms with E-state index in [0.29, 0.717) is 24.0 Å². The molecule has 2 aromatic rings. The Morgan fingerprint density at radius 1 is 0.970 bits per heavy atom. The van der Waals surface area contributed by atoms with Crippen molar-refractivity contribution in [3.05, 3.63) is 57.1 Å². The van der Waals surface area contributed by atoms with Gasteiger partial charge in [0.1, 0.15) is 11.5 Å². The first-order chi connectivity index (χ1) is 15.5. The number of phenolic OH excluding ortho intramolecular Hbond substituents is 2. The van der Waals surface area contributed by atoms with E-state index < -0.39 is 52.8 Å². The van der Waals surface area contributed by atoms with E-state index in [2.05, 4.69) is 0 Å². The van der Waals surface area contributed by atoms with Gasteiger partial charge in [-0.3, -0.25) is 14.4 Å². The van der Waals surface area contributed by atoms with E-state index in [4.69, 9.17) is 4.74 Å². The number of aliphatic hydroxyl groups excluding tert-OH is 1. The Morgan fingerprint density at radius 2 is 1.70 bits per heavy atom. The van der Waals surface area contributed by atoms with Crippen molar-refractivity contribution in [3.8, 4) is 11.5 Å². The average molecular weight is 452 g/mol. The molecule has 0 aromatic heterocycles. The number of Topliss-reactive ketones (excluding diaryl/α,β-unsaturated/α-hetero) is 1. The van der Waals surface area contributed by atoms with Gasteiger partial charge in [-0.25, -0.2) is 0 Å². The lowest BCUT2D eigenvalue weighted by Crippen LogP contribution is -2.38. The normalized spacial score (nSPS) is 28.8. The molecule has 8 heteroatoms. The first kappa shape index (κ1) is 21.8. The number of rotatable bonds is 1. The van der Waals surface area contributed by atoms with Crippen LogP contribution in [0.2, 0.25) is 0 Å². The van der Waals surface area contributed by atoms with Gasteiger partial charge < -0.3 is 25.2 Å². The number of aromatic hydroxyl groups is 2. The number of carbonyl (C=O) groups is 3. The SMILES string of the molecule is CC1OC(c2ccc3c(c2O)C(=O)c2c(O)cc4c(c2C3=O)C(=O)CC(C)(O)C4)CCC1O. The molecule has 2 aliphatic carbocycles. The summed E-state index contributed by atoms with van der Waals surface area (Å²) in [6, 6.07) is 4.18. The molecule has 0 bridgehead atoms. The van der Waals surface area contributed by atoms with Gasteiger partial charge in [0.2, 0.25) is 5.78 Å². The number of phenols is 2. The number of ketones is 3. The second-order valence-corrected chi connectivity index (χ2v) is 9.51. The second kappa shape index (κ2) is 7.21. The van der Waals surface area contributed by atoms with Crippen LogP contribution in [0.15, 0.2) is 18.2 Å². The lowest BCUT2D eigenvalue weighted by Gasteiger charge is -2.34. The number of benzene rings is 2. The summed E-state index contributed by atoms with van der Waals surface area (Å²) in [7, 11) is 0. The van der Waals surface area contributed by atoms with Crippen LogP contribution in [0.3, 0.4) is 0 Å². The zero-order valence-electron chi connectivity index (χ0n) is 18.2. The number of ether oxygens (including phenoxy) is 1. The highest BCUT2D eigenvalue weighted by molar-refractivity contribution is 6.33. The number of hydrogen-bond donors (Lipinski definition) is 4. The number of hydrogen-bond acceptors (Lipinski definition) is 8. The maximum absolute atomic E-state index is 13.5. The minimum absolute atomic E-state index is 0.0420. The van der Waals surface area contributed by atoms with Crippen molar-refractivity contribution in [2.24, 2.45) is 0 Å². The average Bonchev–Trinajstić information content (AvgIpc) is 2.72. The molecule has 1 saturated heterocycles. The highest BCUT2D eigenvalue weighted by Gasteiger charge is 2.43. The molecule has 2 aromatic carbocycles. The molecule has 0 radical (unpaired) electrons. The fraction of sp³-hybridized carbons (Fsp3) is 0.400. The molecule has 0 saturated carbocycles. The summed E-state index contributed by atoms with van der Waals surface area (Å²) in [5, 5.41) is 41.9.